The van der Waals surface area contributed by atoms with E-state index in [2.05, 4.69) is 5.32 Å². The van der Waals surface area contributed by atoms with Crippen molar-refractivity contribution in [2.24, 2.45) is 0 Å². The van der Waals surface area contributed by atoms with E-state index >= 15 is 0 Å². The maximum absolute atomic E-state index is 12.3. The molecule has 2 unspecified atom stereocenters. The Kier molecular flexibility index (Phi) is 7.59. The van der Waals surface area contributed by atoms with E-state index in [0.29, 0.717) is 0 Å². The van der Waals surface area contributed by atoms with Gasteiger partial charge in [0.25, 0.3) is 11.8 Å². The third-order valence-electron chi connectivity index (χ3n) is 3.22. The fraction of sp³-hybridized carbons (Fsp3) is 0.467. The molecule has 0 aliphatic rings. The smallest absolute Gasteiger partial charge is 0.253 e. The zero-order valence-electron chi connectivity index (χ0n) is 13.3. The van der Waals surface area contributed by atoms with Crippen molar-refractivity contribution in [3.63, 3.8) is 0 Å². The van der Waals surface area contributed by atoms with Crippen LogP contribution in [-0.4, -0.2) is 82.7 Å². The molecule has 0 aliphatic heterocycles. The third kappa shape index (κ3) is 5.78. The Labute approximate surface area is 139 Å². The average molecular weight is 341 g/mol. The molecule has 24 heavy (non-hydrogen) atoms. The molecule has 0 fully saturated rings. The summed E-state index contributed by atoms with van der Waals surface area (Å²) in [6.45, 7) is -1.18. The molecule has 1 aromatic carbocycles. The van der Waals surface area contributed by atoms with E-state index in [-0.39, 0.29) is 29.9 Å². The number of hydrogen-bond acceptors (Lipinski definition) is 7. The van der Waals surface area contributed by atoms with Gasteiger partial charge in [0.2, 0.25) is 0 Å². The first-order chi connectivity index (χ1) is 11.3. The van der Waals surface area contributed by atoms with Gasteiger partial charge in [-0.15, -0.1) is 0 Å². The summed E-state index contributed by atoms with van der Waals surface area (Å²) in [6.07, 6.45) is -2.15. The van der Waals surface area contributed by atoms with Crippen LogP contribution in [-0.2, 0) is 0 Å². The zero-order chi connectivity index (χ0) is 18.3. The number of aliphatic hydroxyl groups is 4. The first kappa shape index (κ1) is 19.8. The summed E-state index contributed by atoms with van der Waals surface area (Å²) >= 11 is 0. The molecule has 0 bridgehead atoms. The second-order valence-electron chi connectivity index (χ2n) is 5.41. The highest BCUT2D eigenvalue weighted by Gasteiger charge is 2.18. The minimum absolute atomic E-state index is 0.0750. The number of aliphatic hydroxyl groups excluding tert-OH is 4. The number of nitrogens with zero attached hydrogens (tertiary/aromatic N) is 1. The summed E-state index contributed by atoms with van der Waals surface area (Å²) in [6, 6.07) is 4.10. The van der Waals surface area contributed by atoms with Crippen molar-refractivity contribution in [2.45, 2.75) is 12.2 Å². The fourth-order valence-corrected chi connectivity index (χ4v) is 1.96. The summed E-state index contributed by atoms with van der Waals surface area (Å²) in [5.74, 6) is -1.03. The highest BCUT2D eigenvalue weighted by atomic mass is 16.3. The number of likely N-dealkylation sites (N-methyl/N-ethyl adjacent to an activating group) is 1. The standard InChI is InChI=1S/C15H23N3O6/c1-18(6-13(22)8-20)15(24)10-2-9(3-11(16)4-10)14(23)17-5-12(21)7-19/h2-4,12-13,19-22H,5-8,16H2,1H3,(H,17,23). The topological polar surface area (TPSA) is 156 Å². The Morgan fingerprint density at radius 3 is 2.29 bits per heavy atom. The molecule has 0 saturated heterocycles. The van der Waals surface area contributed by atoms with Crippen LogP contribution in [0.4, 0.5) is 5.69 Å². The SMILES string of the molecule is CN(CC(O)CO)C(=O)c1cc(N)cc(C(=O)NCC(O)CO)c1. The molecular weight excluding hydrogens is 318 g/mol. The van der Waals surface area contributed by atoms with E-state index in [0.717, 1.165) is 0 Å². The first-order valence-corrected chi connectivity index (χ1v) is 7.30. The van der Waals surface area contributed by atoms with Crippen LogP contribution in [0.3, 0.4) is 0 Å². The van der Waals surface area contributed by atoms with Gasteiger partial charge in [-0.1, -0.05) is 0 Å². The molecule has 0 spiro atoms. The van der Waals surface area contributed by atoms with Crippen molar-refractivity contribution in [3.05, 3.63) is 29.3 Å². The highest BCUT2D eigenvalue weighted by Crippen LogP contribution is 2.14. The lowest BCUT2D eigenvalue weighted by Gasteiger charge is -2.20. The highest BCUT2D eigenvalue weighted by molar-refractivity contribution is 6.00. The Morgan fingerprint density at radius 2 is 1.71 bits per heavy atom. The summed E-state index contributed by atoms with van der Waals surface area (Å²) in [7, 11) is 1.45. The maximum Gasteiger partial charge on any atom is 0.253 e. The normalized spacial score (nSPS) is 13.2. The molecule has 0 heterocycles. The molecule has 1 rings (SSSR count). The molecule has 7 N–H and O–H groups in total. The summed E-state index contributed by atoms with van der Waals surface area (Å²) in [5, 5.41) is 38.6. The van der Waals surface area contributed by atoms with Crippen LogP contribution in [0.1, 0.15) is 20.7 Å². The lowest BCUT2D eigenvalue weighted by molar-refractivity contribution is 0.0520. The average Bonchev–Trinajstić information content (AvgIpc) is 2.57. The van der Waals surface area contributed by atoms with Gasteiger partial charge >= 0.3 is 0 Å². The Balaban J connectivity index is 2.88. The predicted molar refractivity (Wildman–Crippen MR) is 86.3 cm³/mol. The van der Waals surface area contributed by atoms with Gasteiger partial charge in [-0.2, -0.15) is 0 Å². The predicted octanol–water partition coefficient (Wildman–Crippen LogP) is -2.22. The number of hydrogen-bond donors (Lipinski definition) is 6. The molecule has 2 amide bonds. The van der Waals surface area contributed by atoms with Gasteiger partial charge in [-0.3, -0.25) is 9.59 Å². The van der Waals surface area contributed by atoms with Gasteiger partial charge in [-0.05, 0) is 18.2 Å². The van der Waals surface area contributed by atoms with Gasteiger partial charge in [0.05, 0.1) is 25.4 Å². The third-order valence-corrected chi connectivity index (χ3v) is 3.22. The molecule has 0 radical (unpaired) electrons. The van der Waals surface area contributed by atoms with E-state index in [1.165, 1.54) is 30.1 Å². The van der Waals surface area contributed by atoms with E-state index in [1.807, 2.05) is 0 Å². The summed E-state index contributed by atoms with van der Waals surface area (Å²) in [5.41, 5.74) is 6.19. The molecule has 0 aromatic heterocycles. The molecular formula is C15H23N3O6. The summed E-state index contributed by atoms with van der Waals surface area (Å²) in [4.78, 5) is 25.5. The number of benzene rings is 1. The maximum atomic E-state index is 12.3. The second-order valence-corrected chi connectivity index (χ2v) is 5.41. The Bertz CT molecular complexity index is 580. The van der Waals surface area contributed by atoms with Crippen LogP contribution in [0.2, 0.25) is 0 Å². The van der Waals surface area contributed by atoms with E-state index < -0.39 is 37.2 Å². The minimum Gasteiger partial charge on any atom is -0.399 e. The fourth-order valence-electron chi connectivity index (χ4n) is 1.96. The van der Waals surface area contributed by atoms with Gasteiger partial charge in [0, 0.05) is 37.0 Å². The molecule has 0 saturated carbocycles. The van der Waals surface area contributed by atoms with Crippen LogP contribution in [0.15, 0.2) is 18.2 Å². The number of nitrogens with one attached hydrogen (secondary N) is 1. The quantitative estimate of drug-likeness (QED) is 0.292. The first-order valence-electron chi connectivity index (χ1n) is 7.30. The molecule has 1 aromatic rings. The number of rotatable bonds is 8. The zero-order valence-corrected chi connectivity index (χ0v) is 13.3. The van der Waals surface area contributed by atoms with Crippen LogP contribution in [0.5, 0.6) is 0 Å². The van der Waals surface area contributed by atoms with E-state index in [9.17, 15) is 19.8 Å². The van der Waals surface area contributed by atoms with Crippen molar-refractivity contribution in [1.82, 2.24) is 10.2 Å². The van der Waals surface area contributed by atoms with E-state index in [4.69, 9.17) is 15.9 Å². The van der Waals surface area contributed by atoms with Gasteiger partial charge in [0.15, 0.2) is 0 Å². The van der Waals surface area contributed by atoms with Crippen molar-refractivity contribution < 1.29 is 30.0 Å². The minimum atomic E-state index is -1.08. The number of carbonyl (C=O) groups is 2. The Hall–Kier alpha value is -2.20. The lowest BCUT2D eigenvalue weighted by Crippen LogP contribution is -2.36. The number of amides is 2. The van der Waals surface area contributed by atoms with Gasteiger partial charge < -0.3 is 36.4 Å². The van der Waals surface area contributed by atoms with Gasteiger partial charge in [-0.25, -0.2) is 0 Å². The van der Waals surface area contributed by atoms with Crippen molar-refractivity contribution in [3.8, 4) is 0 Å². The monoisotopic (exact) mass is 341 g/mol. The Morgan fingerprint density at radius 1 is 1.12 bits per heavy atom. The summed E-state index contributed by atoms with van der Waals surface area (Å²) < 4.78 is 0. The second kappa shape index (κ2) is 9.18. The van der Waals surface area contributed by atoms with Crippen molar-refractivity contribution in [1.29, 1.82) is 0 Å². The molecule has 2 atom stereocenters. The molecule has 0 aliphatic carbocycles. The van der Waals surface area contributed by atoms with Crippen LogP contribution in [0, 0.1) is 0 Å². The van der Waals surface area contributed by atoms with E-state index in [1.54, 1.807) is 0 Å². The van der Waals surface area contributed by atoms with Crippen molar-refractivity contribution >= 4 is 17.5 Å². The largest absolute Gasteiger partial charge is 0.399 e. The molecule has 9 heteroatoms. The van der Waals surface area contributed by atoms with Crippen LogP contribution >= 0.6 is 0 Å². The number of carbonyl (C=O) groups excluding carboxylic acids is 2. The number of nitrogens with two attached hydrogens (primary N) is 1. The number of anilines is 1. The van der Waals surface area contributed by atoms with Crippen LogP contribution < -0.4 is 11.1 Å². The lowest BCUT2D eigenvalue weighted by atomic mass is 10.1. The molecule has 134 valence electrons. The van der Waals surface area contributed by atoms with Crippen molar-refractivity contribution in [2.75, 3.05) is 39.1 Å². The number of nitrogen functional groups attached to an aromatic ring is 1. The molecule has 9 nitrogen and oxygen atoms in total. The van der Waals surface area contributed by atoms with Gasteiger partial charge in [0.1, 0.15) is 0 Å². The van der Waals surface area contributed by atoms with Crippen LogP contribution in [0.25, 0.3) is 0 Å².